The fourth-order valence-corrected chi connectivity index (χ4v) is 2.51. The maximum absolute atomic E-state index is 11.5. The maximum atomic E-state index is 11.5. The lowest BCUT2D eigenvalue weighted by Crippen LogP contribution is -2.37. The Balaban J connectivity index is 2.00. The fraction of sp³-hybridized carbons (Fsp3) is 0.533. The molecule has 104 valence electrons. The third-order valence-electron chi connectivity index (χ3n) is 3.95. The van der Waals surface area contributed by atoms with Gasteiger partial charge in [-0.1, -0.05) is 12.1 Å². The molecule has 1 aromatic rings. The number of benzene rings is 1. The normalized spacial score (nSPS) is 17.9. The summed E-state index contributed by atoms with van der Waals surface area (Å²) in [7, 11) is 1.64. The summed E-state index contributed by atoms with van der Waals surface area (Å²) in [5.74, 6) is 0.132. The van der Waals surface area contributed by atoms with Crippen molar-refractivity contribution in [3.05, 3.63) is 29.8 Å². The topological polar surface area (TPSA) is 55.8 Å². The second-order valence-corrected chi connectivity index (χ2v) is 5.05. The minimum Gasteiger partial charge on any atom is -0.497 e. The van der Waals surface area contributed by atoms with E-state index in [1.165, 1.54) is 0 Å². The molecule has 0 saturated carbocycles. The van der Waals surface area contributed by atoms with Crippen molar-refractivity contribution in [2.24, 2.45) is 5.41 Å². The van der Waals surface area contributed by atoms with Gasteiger partial charge in [-0.15, -0.1) is 0 Å². The van der Waals surface area contributed by atoms with Crippen LogP contribution < -0.4 is 4.74 Å². The molecule has 4 heteroatoms. The van der Waals surface area contributed by atoms with Gasteiger partial charge in [-0.05, 0) is 43.4 Å². The molecule has 0 bridgehead atoms. The molecule has 1 N–H and O–H groups in total. The predicted molar refractivity (Wildman–Crippen MR) is 71.4 cm³/mol. The Labute approximate surface area is 113 Å². The van der Waals surface area contributed by atoms with Crippen molar-refractivity contribution in [2.45, 2.75) is 25.7 Å². The Bertz CT molecular complexity index is 418. The number of hydrogen-bond donors (Lipinski definition) is 1. The van der Waals surface area contributed by atoms with Gasteiger partial charge in [0.1, 0.15) is 5.75 Å². The Morgan fingerprint density at radius 2 is 1.95 bits per heavy atom. The van der Waals surface area contributed by atoms with Gasteiger partial charge in [0.25, 0.3) is 0 Å². The molecule has 0 aromatic heterocycles. The predicted octanol–water partition coefficient (Wildman–Crippen LogP) is 2.51. The van der Waals surface area contributed by atoms with Gasteiger partial charge < -0.3 is 14.6 Å². The molecule has 1 aliphatic rings. The van der Waals surface area contributed by atoms with Crippen molar-refractivity contribution in [1.29, 1.82) is 0 Å². The summed E-state index contributed by atoms with van der Waals surface area (Å²) in [6.45, 7) is 1.10. The summed E-state index contributed by atoms with van der Waals surface area (Å²) in [5.41, 5.74) is 0.533. The molecule has 4 nitrogen and oxygen atoms in total. The van der Waals surface area contributed by atoms with E-state index in [0.717, 1.165) is 17.7 Å². The summed E-state index contributed by atoms with van der Waals surface area (Å²) < 4.78 is 10.4. The van der Waals surface area contributed by atoms with Crippen molar-refractivity contribution in [3.63, 3.8) is 0 Å². The van der Waals surface area contributed by atoms with Crippen LogP contribution in [-0.4, -0.2) is 31.4 Å². The van der Waals surface area contributed by atoms with Crippen LogP contribution in [0.15, 0.2) is 24.3 Å². The minimum absolute atomic E-state index is 0.551. The number of methoxy groups -OCH3 is 1. The van der Waals surface area contributed by atoms with Crippen LogP contribution in [0.4, 0.5) is 0 Å². The van der Waals surface area contributed by atoms with Crippen LogP contribution in [0, 0.1) is 5.41 Å². The van der Waals surface area contributed by atoms with E-state index in [1.54, 1.807) is 7.11 Å². The zero-order valence-electron chi connectivity index (χ0n) is 11.2. The van der Waals surface area contributed by atoms with Crippen LogP contribution in [-0.2, 0) is 16.0 Å². The standard InChI is InChI=1S/C15H20O4/c1-18-13-4-2-12(3-5-13)6-7-15(14(16)17)8-10-19-11-9-15/h2-5H,6-11H2,1H3,(H,16,17). The summed E-state index contributed by atoms with van der Waals surface area (Å²) in [6.07, 6.45) is 2.66. The van der Waals surface area contributed by atoms with Crippen molar-refractivity contribution in [2.75, 3.05) is 20.3 Å². The molecule has 2 rings (SSSR count). The molecular weight excluding hydrogens is 244 g/mol. The SMILES string of the molecule is COc1ccc(CCC2(C(=O)O)CCOCC2)cc1. The van der Waals surface area contributed by atoms with Crippen LogP contribution in [0.5, 0.6) is 5.75 Å². The van der Waals surface area contributed by atoms with E-state index >= 15 is 0 Å². The van der Waals surface area contributed by atoms with Crippen LogP contribution >= 0.6 is 0 Å². The highest BCUT2D eigenvalue weighted by Gasteiger charge is 2.39. The number of carboxylic acids is 1. The largest absolute Gasteiger partial charge is 0.497 e. The van der Waals surface area contributed by atoms with Crippen molar-refractivity contribution in [1.82, 2.24) is 0 Å². The van der Waals surface area contributed by atoms with E-state index in [1.807, 2.05) is 24.3 Å². The smallest absolute Gasteiger partial charge is 0.309 e. The van der Waals surface area contributed by atoms with Gasteiger partial charge in [-0.25, -0.2) is 0 Å². The number of carbonyl (C=O) groups is 1. The van der Waals surface area contributed by atoms with E-state index < -0.39 is 11.4 Å². The van der Waals surface area contributed by atoms with Crippen LogP contribution in [0.2, 0.25) is 0 Å². The van der Waals surface area contributed by atoms with Gasteiger partial charge in [0.05, 0.1) is 12.5 Å². The van der Waals surface area contributed by atoms with Crippen molar-refractivity contribution in [3.8, 4) is 5.75 Å². The highest BCUT2D eigenvalue weighted by molar-refractivity contribution is 5.74. The first-order valence-corrected chi connectivity index (χ1v) is 6.60. The van der Waals surface area contributed by atoms with Crippen molar-refractivity contribution < 1.29 is 19.4 Å². The lowest BCUT2D eigenvalue weighted by atomic mass is 9.76. The Hall–Kier alpha value is -1.55. The van der Waals surface area contributed by atoms with Gasteiger partial charge in [0.2, 0.25) is 0 Å². The van der Waals surface area contributed by atoms with E-state index in [9.17, 15) is 9.90 Å². The van der Waals surface area contributed by atoms with Gasteiger partial charge in [-0.2, -0.15) is 0 Å². The fourth-order valence-electron chi connectivity index (χ4n) is 2.51. The molecule has 0 spiro atoms. The first kappa shape index (κ1) is 13.9. The number of hydrogen-bond acceptors (Lipinski definition) is 3. The molecule has 0 amide bonds. The number of ether oxygens (including phenoxy) is 2. The van der Waals surface area contributed by atoms with E-state index in [2.05, 4.69) is 0 Å². The minimum atomic E-state index is -0.690. The third-order valence-corrected chi connectivity index (χ3v) is 3.95. The first-order chi connectivity index (χ1) is 9.16. The number of rotatable bonds is 5. The first-order valence-electron chi connectivity index (χ1n) is 6.60. The number of aryl methyl sites for hydroxylation is 1. The third kappa shape index (κ3) is 3.26. The molecule has 1 aliphatic heterocycles. The molecule has 0 unspecified atom stereocenters. The average Bonchev–Trinajstić information content (AvgIpc) is 2.46. The molecule has 1 aromatic carbocycles. The molecule has 0 atom stereocenters. The highest BCUT2D eigenvalue weighted by atomic mass is 16.5. The second kappa shape index (κ2) is 6.06. The molecule has 1 heterocycles. The summed E-state index contributed by atoms with van der Waals surface area (Å²) in [5, 5.41) is 9.47. The molecular formula is C15H20O4. The van der Waals surface area contributed by atoms with Crippen LogP contribution in [0.3, 0.4) is 0 Å². The summed E-state index contributed by atoms with van der Waals surface area (Å²) >= 11 is 0. The Morgan fingerprint density at radius 1 is 1.32 bits per heavy atom. The zero-order valence-corrected chi connectivity index (χ0v) is 11.2. The lowest BCUT2D eigenvalue weighted by Gasteiger charge is -2.33. The quantitative estimate of drug-likeness (QED) is 0.887. The highest BCUT2D eigenvalue weighted by Crippen LogP contribution is 2.35. The van der Waals surface area contributed by atoms with Gasteiger partial charge in [0, 0.05) is 13.2 Å². The monoisotopic (exact) mass is 264 g/mol. The second-order valence-electron chi connectivity index (χ2n) is 5.05. The molecule has 1 fully saturated rings. The lowest BCUT2D eigenvalue weighted by molar-refractivity contribution is -0.155. The molecule has 1 saturated heterocycles. The maximum Gasteiger partial charge on any atom is 0.309 e. The van der Waals surface area contributed by atoms with Gasteiger partial charge in [-0.3, -0.25) is 4.79 Å². The van der Waals surface area contributed by atoms with E-state index in [0.29, 0.717) is 32.5 Å². The molecule has 0 radical (unpaired) electrons. The van der Waals surface area contributed by atoms with Crippen LogP contribution in [0.25, 0.3) is 0 Å². The van der Waals surface area contributed by atoms with E-state index in [-0.39, 0.29) is 0 Å². The zero-order chi connectivity index (χ0) is 13.7. The van der Waals surface area contributed by atoms with Gasteiger partial charge >= 0.3 is 5.97 Å². The number of aliphatic carboxylic acids is 1. The van der Waals surface area contributed by atoms with Crippen molar-refractivity contribution >= 4 is 5.97 Å². The number of carboxylic acid groups (broad SMARTS) is 1. The Kier molecular flexibility index (Phi) is 4.43. The molecule has 19 heavy (non-hydrogen) atoms. The van der Waals surface area contributed by atoms with Crippen LogP contribution in [0.1, 0.15) is 24.8 Å². The van der Waals surface area contributed by atoms with Gasteiger partial charge in [0.15, 0.2) is 0 Å². The average molecular weight is 264 g/mol. The molecule has 0 aliphatic carbocycles. The Morgan fingerprint density at radius 3 is 2.47 bits per heavy atom. The summed E-state index contributed by atoms with van der Waals surface area (Å²) in [6, 6.07) is 7.81. The van der Waals surface area contributed by atoms with E-state index in [4.69, 9.17) is 9.47 Å². The summed E-state index contributed by atoms with van der Waals surface area (Å²) in [4.78, 5) is 11.5.